The zero-order valence-corrected chi connectivity index (χ0v) is 13.5. The van der Waals surface area contributed by atoms with E-state index in [4.69, 9.17) is 4.52 Å². The molecular weight excluding hydrogens is 318 g/mol. The Morgan fingerprint density at radius 1 is 1.32 bits per heavy atom. The van der Waals surface area contributed by atoms with Crippen molar-refractivity contribution in [2.45, 2.75) is 13.3 Å². The fraction of sp³-hybridized carbons (Fsp3) is 0.158. The molecule has 1 aliphatic heterocycles. The maximum atomic E-state index is 12.3. The minimum atomic E-state index is -0.316. The molecular formula is C19H15N3O3. The predicted molar refractivity (Wildman–Crippen MR) is 92.8 cm³/mol. The second kappa shape index (κ2) is 5.98. The highest BCUT2D eigenvalue weighted by molar-refractivity contribution is 6.11. The van der Waals surface area contributed by atoms with Crippen LogP contribution in [0.5, 0.6) is 0 Å². The number of carbonyl (C=O) groups is 2. The van der Waals surface area contributed by atoms with Crippen LogP contribution in [-0.2, 0) is 16.0 Å². The van der Waals surface area contributed by atoms with Gasteiger partial charge in [0, 0.05) is 23.1 Å². The van der Waals surface area contributed by atoms with Gasteiger partial charge in [0.15, 0.2) is 5.58 Å². The number of amides is 2. The zero-order valence-electron chi connectivity index (χ0n) is 13.5. The lowest BCUT2D eigenvalue weighted by Crippen LogP contribution is -2.32. The highest BCUT2D eigenvalue weighted by Crippen LogP contribution is 2.26. The molecule has 1 aliphatic carbocycles. The standard InChI is InChI=1S/C19H15N3O3/c1-11-8-18(23)21-15-9-12(6-7-13(11)15)20-19(24)10-16-14-4-2-3-5-17(14)25-22-16/h2-9,13H,10H2,1H3,(H,21,23). The van der Waals surface area contributed by atoms with Crippen molar-refractivity contribution in [1.29, 1.82) is 0 Å². The molecule has 0 fully saturated rings. The molecule has 2 heterocycles. The van der Waals surface area contributed by atoms with E-state index in [-0.39, 0.29) is 24.2 Å². The molecule has 0 saturated carbocycles. The van der Waals surface area contributed by atoms with Gasteiger partial charge in [0.2, 0.25) is 5.91 Å². The third-order valence-electron chi connectivity index (χ3n) is 4.24. The van der Waals surface area contributed by atoms with E-state index in [1.807, 2.05) is 31.2 Å². The van der Waals surface area contributed by atoms with Crippen molar-refractivity contribution in [3.63, 3.8) is 0 Å². The van der Waals surface area contributed by atoms with E-state index < -0.39 is 0 Å². The van der Waals surface area contributed by atoms with Crippen molar-refractivity contribution >= 4 is 28.5 Å². The average molecular weight is 333 g/mol. The fourth-order valence-corrected chi connectivity index (χ4v) is 3.04. The monoisotopic (exact) mass is 333 g/mol. The van der Waals surface area contributed by atoms with Crippen LogP contribution >= 0.6 is 0 Å². The number of hydrogen-bond donors (Lipinski definition) is 1. The first kappa shape index (κ1) is 15.3. The molecule has 1 aromatic heterocycles. The Labute approximate surface area is 143 Å². The summed E-state index contributed by atoms with van der Waals surface area (Å²) in [6.45, 7) is 1.91. The molecule has 1 atom stereocenters. The summed E-state index contributed by atoms with van der Waals surface area (Å²) in [6, 6.07) is 7.39. The van der Waals surface area contributed by atoms with E-state index in [0.717, 1.165) is 16.7 Å². The average Bonchev–Trinajstić information content (AvgIpc) is 2.97. The molecule has 1 aromatic carbocycles. The predicted octanol–water partition coefficient (Wildman–Crippen LogP) is 2.48. The van der Waals surface area contributed by atoms with Crippen molar-refractivity contribution in [2.24, 2.45) is 10.9 Å². The highest BCUT2D eigenvalue weighted by Gasteiger charge is 2.24. The van der Waals surface area contributed by atoms with Crippen molar-refractivity contribution in [3.05, 3.63) is 65.5 Å². The van der Waals surface area contributed by atoms with E-state index >= 15 is 0 Å². The summed E-state index contributed by atoms with van der Waals surface area (Å²) >= 11 is 0. The maximum Gasteiger partial charge on any atom is 0.252 e. The summed E-state index contributed by atoms with van der Waals surface area (Å²) in [4.78, 5) is 28.0. The summed E-state index contributed by atoms with van der Waals surface area (Å²) in [5.74, 6) is -0.440. The molecule has 1 unspecified atom stereocenters. The van der Waals surface area contributed by atoms with Crippen LogP contribution in [0.25, 0.3) is 11.0 Å². The number of allylic oxidation sites excluding steroid dienone is 3. The summed E-state index contributed by atoms with van der Waals surface area (Å²) < 4.78 is 5.20. The molecule has 0 saturated heterocycles. The van der Waals surface area contributed by atoms with Gasteiger partial charge in [-0.1, -0.05) is 28.9 Å². The van der Waals surface area contributed by atoms with Crippen LogP contribution in [0.15, 0.2) is 69.4 Å². The van der Waals surface area contributed by atoms with Crippen LogP contribution in [0.1, 0.15) is 12.6 Å². The van der Waals surface area contributed by atoms with Gasteiger partial charge >= 0.3 is 0 Å². The SMILES string of the molecule is CC1=CC(=O)NC2=CC(=NC(=O)Cc3noc4ccccc34)C=CC12. The molecule has 25 heavy (non-hydrogen) atoms. The van der Waals surface area contributed by atoms with Crippen LogP contribution in [0.2, 0.25) is 0 Å². The van der Waals surface area contributed by atoms with Crippen LogP contribution in [0.4, 0.5) is 0 Å². The Balaban J connectivity index is 1.55. The summed E-state index contributed by atoms with van der Waals surface area (Å²) in [7, 11) is 0. The molecule has 1 N–H and O–H groups in total. The van der Waals surface area contributed by atoms with Crippen molar-refractivity contribution in [2.75, 3.05) is 0 Å². The first-order valence-electron chi connectivity index (χ1n) is 7.94. The fourth-order valence-electron chi connectivity index (χ4n) is 3.04. The second-order valence-electron chi connectivity index (χ2n) is 6.05. The number of rotatable bonds is 2. The molecule has 0 bridgehead atoms. The molecule has 0 spiro atoms. The molecule has 6 nitrogen and oxygen atoms in total. The Hall–Kier alpha value is -3.28. The van der Waals surface area contributed by atoms with E-state index in [2.05, 4.69) is 15.5 Å². The number of fused-ring (bicyclic) bond motifs is 2. The van der Waals surface area contributed by atoms with Crippen LogP contribution in [0, 0.1) is 5.92 Å². The summed E-state index contributed by atoms with van der Waals surface area (Å²) in [5, 5.41) is 7.56. The van der Waals surface area contributed by atoms with Gasteiger partial charge in [-0.05, 0) is 31.2 Å². The third-order valence-corrected chi connectivity index (χ3v) is 4.24. The molecule has 2 aromatic rings. The molecule has 6 heteroatoms. The largest absolute Gasteiger partial charge is 0.356 e. The third kappa shape index (κ3) is 2.94. The van der Waals surface area contributed by atoms with Crippen molar-refractivity contribution in [3.8, 4) is 0 Å². The Morgan fingerprint density at radius 2 is 2.16 bits per heavy atom. The van der Waals surface area contributed by atoms with Crippen LogP contribution in [-0.4, -0.2) is 22.7 Å². The number of aromatic nitrogens is 1. The maximum absolute atomic E-state index is 12.3. The lowest BCUT2D eigenvalue weighted by atomic mass is 9.89. The quantitative estimate of drug-likeness (QED) is 0.915. The van der Waals surface area contributed by atoms with Crippen molar-refractivity contribution in [1.82, 2.24) is 10.5 Å². The Kier molecular flexibility index (Phi) is 3.65. The lowest BCUT2D eigenvalue weighted by Gasteiger charge is -2.25. The summed E-state index contributed by atoms with van der Waals surface area (Å²) in [5.41, 5.74) is 3.43. The first-order valence-corrected chi connectivity index (χ1v) is 7.94. The van der Waals surface area contributed by atoms with Gasteiger partial charge in [-0.25, -0.2) is 4.99 Å². The first-order chi connectivity index (χ1) is 12.1. The van der Waals surface area contributed by atoms with Crippen LogP contribution in [0.3, 0.4) is 0 Å². The van der Waals surface area contributed by atoms with Gasteiger partial charge in [-0.2, -0.15) is 0 Å². The number of para-hydroxylation sites is 1. The molecule has 0 radical (unpaired) electrons. The number of carbonyl (C=O) groups excluding carboxylic acids is 2. The number of hydrogen-bond acceptors (Lipinski definition) is 4. The van der Waals surface area contributed by atoms with Crippen molar-refractivity contribution < 1.29 is 14.1 Å². The van der Waals surface area contributed by atoms with E-state index in [0.29, 0.717) is 17.0 Å². The van der Waals surface area contributed by atoms with E-state index in [1.165, 1.54) is 0 Å². The van der Waals surface area contributed by atoms with Gasteiger partial charge in [0.05, 0.1) is 12.1 Å². The van der Waals surface area contributed by atoms with E-state index in [1.54, 1.807) is 24.3 Å². The molecule has 2 aliphatic rings. The van der Waals surface area contributed by atoms with E-state index in [9.17, 15) is 9.59 Å². The minimum Gasteiger partial charge on any atom is -0.356 e. The van der Waals surface area contributed by atoms with Crippen LogP contribution < -0.4 is 5.32 Å². The van der Waals surface area contributed by atoms with Gasteiger partial charge in [0.1, 0.15) is 5.69 Å². The minimum absolute atomic E-state index is 0.0336. The Bertz CT molecular complexity index is 1010. The van der Waals surface area contributed by atoms with Gasteiger partial charge in [0.25, 0.3) is 5.91 Å². The molecule has 2 amide bonds. The number of benzene rings is 1. The smallest absolute Gasteiger partial charge is 0.252 e. The number of nitrogens with one attached hydrogen (secondary N) is 1. The lowest BCUT2D eigenvalue weighted by molar-refractivity contribution is -0.117. The highest BCUT2D eigenvalue weighted by atomic mass is 16.5. The normalized spacial score (nSPS) is 20.9. The molecule has 4 rings (SSSR count). The summed E-state index contributed by atoms with van der Waals surface area (Å²) in [6.07, 6.45) is 7.10. The van der Waals surface area contributed by atoms with Gasteiger partial charge < -0.3 is 9.84 Å². The topological polar surface area (TPSA) is 84.6 Å². The van der Waals surface area contributed by atoms with Gasteiger partial charge in [-0.15, -0.1) is 0 Å². The Morgan fingerprint density at radius 3 is 3.04 bits per heavy atom. The zero-order chi connectivity index (χ0) is 17.4. The molecule has 124 valence electrons. The number of nitrogens with zero attached hydrogens (tertiary/aromatic N) is 2. The number of aliphatic imine (C=N–C) groups is 1. The second-order valence-corrected chi connectivity index (χ2v) is 6.05. The van der Waals surface area contributed by atoms with Gasteiger partial charge in [-0.3, -0.25) is 9.59 Å².